The summed E-state index contributed by atoms with van der Waals surface area (Å²) in [5.41, 5.74) is 2.07. The minimum Gasteiger partial charge on any atom is -0.377 e. The minimum atomic E-state index is -3.75. The number of carbonyl (C=O) groups is 1. The van der Waals surface area contributed by atoms with Gasteiger partial charge in [-0.1, -0.05) is 32.9 Å². The second-order valence-electron chi connectivity index (χ2n) is 8.41. The highest BCUT2D eigenvalue weighted by Crippen LogP contribution is 2.25. The lowest BCUT2D eigenvalue weighted by Crippen LogP contribution is -2.32. The first-order valence-electron chi connectivity index (χ1n) is 9.89. The Morgan fingerprint density at radius 1 is 1.17 bits per heavy atom. The van der Waals surface area contributed by atoms with Gasteiger partial charge < -0.3 is 10.1 Å². The van der Waals surface area contributed by atoms with Gasteiger partial charge in [-0.15, -0.1) is 0 Å². The summed E-state index contributed by atoms with van der Waals surface area (Å²) in [5, 5.41) is 2.83. The predicted molar refractivity (Wildman–Crippen MR) is 121 cm³/mol. The van der Waals surface area contributed by atoms with E-state index in [1.54, 1.807) is 6.07 Å². The number of carbonyl (C=O) groups excluding carboxylic acids is 1. The first-order chi connectivity index (χ1) is 14.1. The van der Waals surface area contributed by atoms with Gasteiger partial charge in [0.25, 0.3) is 5.91 Å². The molecule has 2 N–H and O–H groups in total. The van der Waals surface area contributed by atoms with E-state index in [-0.39, 0.29) is 34.4 Å². The zero-order chi connectivity index (χ0) is 21.9. The Hall–Kier alpha value is -1.74. The van der Waals surface area contributed by atoms with Gasteiger partial charge in [0.15, 0.2) is 0 Å². The largest absolute Gasteiger partial charge is 0.377 e. The second kappa shape index (κ2) is 9.18. The molecule has 1 fully saturated rings. The lowest BCUT2D eigenvalue weighted by molar-refractivity contribution is 0.102. The van der Waals surface area contributed by atoms with Crippen molar-refractivity contribution >= 4 is 37.5 Å². The molecule has 1 amide bonds. The molecule has 0 radical (unpaired) electrons. The van der Waals surface area contributed by atoms with Crippen LogP contribution < -0.4 is 10.0 Å². The van der Waals surface area contributed by atoms with Gasteiger partial charge in [0, 0.05) is 23.3 Å². The lowest BCUT2D eigenvalue weighted by Gasteiger charge is -2.19. The fourth-order valence-electron chi connectivity index (χ4n) is 3.19. The van der Waals surface area contributed by atoms with Gasteiger partial charge in [0.05, 0.1) is 16.6 Å². The lowest BCUT2D eigenvalue weighted by atomic mass is 9.87. The summed E-state index contributed by atoms with van der Waals surface area (Å²) in [6, 6.07) is 12.0. The fraction of sp³-hybridized carbons (Fsp3) is 0.409. The molecule has 30 heavy (non-hydrogen) atoms. The number of sulfonamides is 1. The van der Waals surface area contributed by atoms with Crippen LogP contribution in [-0.4, -0.2) is 33.6 Å². The smallest absolute Gasteiger partial charge is 0.256 e. The Balaban J connectivity index is 1.74. The van der Waals surface area contributed by atoms with Crippen molar-refractivity contribution in [1.82, 2.24) is 4.72 Å². The van der Waals surface area contributed by atoms with E-state index in [0.29, 0.717) is 16.8 Å². The third-order valence-electron chi connectivity index (χ3n) is 5.03. The molecule has 1 unspecified atom stereocenters. The van der Waals surface area contributed by atoms with E-state index in [0.717, 1.165) is 18.4 Å². The van der Waals surface area contributed by atoms with Crippen LogP contribution in [0.25, 0.3) is 0 Å². The number of ether oxygens (including phenoxy) is 1. The van der Waals surface area contributed by atoms with Crippen LogP contribution in [-0.2, 0) is 20.2 Å². The average Bonchev–Trinajstić information content (AvgIpc) is 3.20. The third kappa shape index (κ3) is 5.69. The zero-order valence-corrected chi connectivity index (χ0v) is 19.8. The molecular weight excluding hydrogens is 468 g/mol. The molecule has 0 spiro atoms. The maximum Gasteiger partial charge on any atom is 0.256 e. The van der Waals surface area contributed by atoms with Crippen molar-refractivity contribution in [1.29, 1.82) is 0 Å². The van der Waals surface area contributed by atoms with Gasteiger partial charge in [-0.05, 0) is 70.1 Å². The molecule has 1 heterocycles. The molecule has 1 saturated heterocycles. The van der Waals surface area contributed by atoms with Gasteiger partial charge in [0.1, 0.15) is 0 Å². The van der Waals surface area contributed by atoms with E-state index in [2.05, 4.69) is 46.7 Å². The quantitative estimate of drug-likeness (QED) is 0.620. The maximum absolute atomic E-state index is 12.8. The van der Waals surface area contributed by atoms with E-state index in [9.17, 15) is 13.2 Å². The fourth-order valence-corrected chi connectivity index (χ4v) is 4.71. The molecule has 3 rings (SSSR count). The molecule has 2 aromatic rings. The van der Waals surface area contributed by atoms with Crippen molar-refractivity contribution in [2.45, 2.75) is 50.0 Å². The highest BCUT2D eigenvalue weighted by Gasteiger charge is 2.22. The number of rotatable bonds is 6. The second-order valence-corrected chi connectivity index (χ2v) is 11.0. The Bertz CT molecular complexity index is 1010. The van der Waals surface area contributed by atoms with E-state index < -0.39 is 10.0 Å². The van der Waals surface area contributed by atoms with Crippen molar-refractivity contribution in [2.75, 3.05) is 18.5 Å². The molecular formula is C22H27BrN2O4S. The average molecular weight is 495 g/mol. The zero-order valence-electron chi connectivity index (χ0n) is 17.4. The van der Waals surface area contributed by atoms with Gasteiger partial charge >= 0.3 is 0 Å². The van der Waals surface area contributed by atoms with Crippen molar-refractivity contribution in [3.63, 3.8) is 0 Å². The van der Waals surface area contributed by atoms with Gasteiger partial charge in [-0.2, -0.15) is 0 Å². The summed E-state index contributed by atoms with van der Waals surface area (Å²) in [7, 11) is -3.75. The summed E-state index contributed by atoms with van der Waals surface area (Å²) >= 11 is 3.35. The molecule has 0 bridgehead atoms. The maximum atomic E-state index is 12.8. The van der Waals surface area contributed by atoms with Crippen LogP contribution in [0, 0.1) is 0 Å². The molecule has 0 saturated carbocycles. The topological polar surface area (TPSA) is 84.5 Å². The highest BCUT2D eigenvalue weighted by molar-refractivity contribution is 9.10. The minimum absolute atomic E-state index is 0.0186. The summed E-state index contributed by atoms with van der Waals surface area (Å²) in [4.78, 5) is 12.8. The van der Waals surface area contributed by atoms with E-state index in [1.165, 1.54) is 12.1 Å². The van der Waals surface area contributed by atoms with E-state index >= 15 is 0 Å². The number of halogens is 1. The van der Waals surface area contributed by atoms with Gasteiger partial charge in [-0.25, -0.2) is 13.1 Å². The van der Waals surface area contributed by atoms with Crippen LogP contribution in [0.5, 0.6) is 0 Å². The van der Waals surface area contributed by atoms with Crippen LogP contribution in [0.15, 0.2) is 51.8 Å². The Labute approximate surface area is 186 Å². The van der Waals surface area contributed by atoms with Crippen molar-refractivity contribution in [3.05, 3.63) is 58.1 Å². The van der Waals surface area contributed by atoms with Crippen LogP contribution in [0.1, 0.15) is 49.5 Å². The standard InChI is InChI=1S/C22H27BrN2O4S/c1-22(2,3)15-6-8-16(9-7-15)25-21(26)19-13-18(10-11-20(19)23)30(27,28)24-14-17-5-4-12-29-17/h6-11,13,17,24H,4-5,12,14H2,1-3H3,(H,25,26). The summed E-state index contributed by atoms with van der Waals surface area (Å²) in [6.07, 6.45) is 1.67. The Morgan fingerprint density at radius 3 is 2.47 bits per heavy atom. The molecule has 0 aliphatic carbocycles. The molecule has 2 aromatic carbocycles. The normalized spacial score (nSPS) is 17.1. The van der Waals surface area contributed by atoms with Gasteiger partial charge in [0.2, 0.25) is 10.0 Å². The first kappa shape index (κ1) is 22.9. The number of amides is 1. The van der Waals surface area contributed by atoms with E-state index in [4.69, 9.17) is 4.74 Å². The number of nitrogens with one attached hydrogen (secondary N) is 2. The molecule has 8 heteroatoms. The number of benzene rings is 2. The SMILES string of the molecule is CC(C)(C)c1ccc(NC(=O)c2cc(S(=O)(=O)NCC3CCCO3)ccc2Br)cc1. The Morgan fingerprint density at radius 2 is 1.87 bits per heavy atom. The molecule has 1 atom stereocenters. The predicted octanol–water partition coefficient (Wildman–Crippen LogP) is 4.46. The monoisotopic (exact) mass is 494 g/mol. The van der Waals surface area contributed by atoms with Gasteiger partial charge in [-0.3, -0.25) is 4.79 Å². The van der Waals surface area contributed by atoms with Crippen molar-refractivity contribution in [3.8, 4) is 0 Å². The number of anilines is 1. The first-order valence-corrected chi connectivity index (χ1v) is 12.2. The van der Waals surface area contributed by atoms with Crippen LogP contribution >= 0.6 is 15.9 Å². The van der Waals surface area contributed by atoms with Crippen LogP contribution in [0.3, 0.4) is 0 Å². The van der Waals surface area contributed by atoms with Crippen molar-refractivity contribution < 1.29 is 17.9 Å². The summed E-state index contributed by atoms with van der Waals surface area (Å²) in [5.74, 6) is -0.387. The number of hydrogen-bond donors (Lipinski definition) is 2. The molecule has 1 aliphatic rings. The molecule has 6 nitrogen and oxygen atoms in total. The molecule has 162 valence electrons. The summed E-state index contributed by atoms with van der Waals surface area (Å²) < 4.78 is 33.9. The van der Waals surface area contributed by atoms with Crippen LogP contribution in [0.4, 0.5) is 5.69 Å². The molecule has 0 aromatic heterocycles. The molecule has 1 aliphatic heterocycles. The van der Waals surface area contributed by atoms with Crippen molar-refractivity contribution in [2.24, 2.45) is 0 Å². The summed E-state index contributed by atoms with van der Waals surface area (Å²) in [6.45, 7) is 7.25. The third-order valence-corrected chi connectivity index (χ3v) is 7.14. The Kier molecular flexibility index (Phi) is 7.02. The van der Waals surface area contributed by atoms with E-state index in [1.807, 2.05) is 24.3 Å². The highest BCUT2D eigenvalue weighted by atomic mass is 79.9. The number of hydrogen-bond acceptors (Lipinski definition) is 4. The van der Waals surface area contributed by atoms with Crippen LogP contribution in [0.2, 0.25) is 0 Å².